The van der Waals surface area contributed by atoms with Crippen LogP contribution >= 0.6 is 0 Å². The molecule has 5 nitrogen and oxygen atoms in total. The van der Waals surface area contributed by atoms with E-state index < -0.39 is 0 Å². The molecule has 5 heteroatoms. The van der Waals surface area contributed by atoms with Gasteiger partial charge < -0.3 is 15.2 Å². The molecule has 17 heavy (non-hydrogen) atoms. The van der Waals surface area contributed by atoms with Crippen LogP contribution in [0.2, 0.25) is 0 Å². The molecule has 1 fully saturated rings. The van der Waals surface area contributed by atoms with Crippen molar-refractivity contribution in [2.75, 3.05) is 13.2 Å². The van der Waals surface area contributed by atoms with Gasteiger partial charge in [-0.15, -0.1) is 0 Å². The molecule has 0 saturated carbocycles. The molecule has 1 saturated heterocycles. The van der Waals surface area contributed by atoms with Crippen LogP contribution in [0.5, 0.6) is 0 Å². The number of rotatable bonds is 2. The van der Waals surface area contributed by atoms with Gasteiger partial charge in [-0.25, -0.2) is 0 Å². The van der Waals surface area contributed by atoms with Gasteiger partial charge in [0, 0.05) is 12.6 Å². The van der Waals surface area contributed by atoms with E-state index in [4.69, 9.17) is 0 Å². The number of nitrogens with zero attached hydrogens (tertiary/aromatic N) is 2. The van der Waals surface area contributed by atoms with Crippen LogP contribution in [-0.2, 0) is 0 Å². The number of aromatic nitrogens is 1. The monoisotopic (exact) mass is 236 g/mol. The van der Waals surface area contributed by atoms with E-state index in [1.807, 2.05) is 0 Å². The van der Waals surface area contributed by atoms with Crippen LogP contribution in [-0.4, -0.2) is 35.1 Å². The van der Waals surface area contributed by atoms with E-state index in [-0.39, 0.29) is 18.6 Å². The smallest absolute Gasteiger partial charge is 0.260 e. The van der Waals surface area contributed by atoms with E-state index in [0.717, 1.165) is 19.3 Å². The lowest BCUT2D eigenvalue weighted by molar-refractivity contribution is -0.605. The molecule has 1 atom stereocenters. The molecule has 92 valence electrons. The van der Waals surface area contributed by atoms with Gasteiger partial charge in [0.1, 0.15) is 5.56 Å². The fourth-order valence-electron chi connectivity index (χ4n) is 2.20. The Kier molecular flexibility index (Phi) is 3.58. The Bertz CT molecular complexity index is 408. The lowest BCUT2D eigenvalue weighted by Crippen LogP contribution is -2.46. The predicted molar refractivity (Wildman–Crippen MR) is 61.2 cm³/mol. The van der Waals surface area contributed by atoms with Gasteiger partial charge in [0.05, 0.1) is 12.6 Å². The highest BCUT2D eigenvalue weighted by atomic mass is 16.5. The van der Waals surface area contributed by atoms with Gasteiger partial charge in [0.15, 0.2) is 12.4 Å². The van der Waals surface area contributed by atoms with Crippen LogP contribution in [0.3, 0.4) is 0 Å². The van der Waals surface area contributed by atoms with Crippen LogP contribution in [0, 0.1) is 5.21 Å². The highest BCUT2D eigenvalue weighted by molar-refractivity contribution is 5.93. The average molecular weight is 236 g/mol. The first-order valence-electron chi connectivity index (χ1n) is 5.83. The van der Waals surface area contributed by atoms with E-state index in [2.05, 4.69) is 0 Å². The summed E-state index contributed by atoms with van der Waals surface area (Å²) >= 11 is 0. The summed E-state index contributed by atoms with van der Waals surface area (Å²) in [4.78, 5) is 13.8. The van der Waals surface area contributed by atoms with Crippen molar-refractivity contribution in [3.8, 4) is 0 Å². The van der Waals surface area contributed by atoms with Crippen LogP contribution in [0.4, 0.5) is 0 Å². The minimum atomic E-state index is -0.172. The second-order valence-corrected chi connectivity index (χ2v) is 4.28. The summed E-state index contributed by atoms with van der Waals surface area (Å²) in [6.45, 7) is 0.633. The summed E-state index contributed by atoms with van der Waals surface area (Å²) in [5.74, 6) is -0.172. The Hall–Kier alpha value is -1.62. The summed E-state index contributed by atoms with van der Waals surface area (Å²) in [5.41, 5.74) is 0.378. The molecule has 1 N–H and O–H groups in total. The third kappa shape index (κ3) is 2.55. The summed E-state index contributed by atoms with van der Waals surface area (Å²) in [6.07, 6.45) is 5.42. The molecular formula is C12H16N2O3. The highest BCUT2D eigenvalue weighted by Crippen LogP contribution is 2.18. The summed E-state index contributed by atoms with van der Waals surface area (Å²) < 4.78 is 0.616. The zero-order chi connectivity index (χ0) is 12.3. The van der Waals surface area contributed by atoms with E-state index in [1.165, 1.54) is 12.4 Å². The Morgan fingerprint density at radius 3 is 3.12 bits per heavy atom. The molecule has 1 aromatic rings. The van der Waals surface area contributed by atoms with E-state index in [0.29, 0.717) is 16.8 Å². The molecule has 1 aliphatic rings. The van der Waals surface area contributed by atoms with Gasteiger partial charge in [-0.1, -0.05) is 0 Å². The van der Waals surface area contributed by atoms with Crippen molar-refractivity contribution in [1.82, 2.24) is 4.90 Å². The molecule has 0 radical (unpaired) electrons. The average Bonchev–Trinajstić information content (AvgIpc) is 2.38. The van der Waals surface area contributed by atoms with Crippen molar-refractivity contribution in [2.45, 2.75) is 25.3 Å². The van der Waals surface area contributed by atoms with Crippen molar-refractivity contribution in [2.24, 2.45) is 0 Å². The van der Waals surface area contributed by atoms with E-state index >= 15 is 0 Å². The normalized spacial score (nSPS) is 20.3. The number of hydrogen-bond acceptors (Lipinski definition) is 3. The van der Waals surface area contributed by atoms with Crippen molar-refractivity contribution in [3.63, 3.8) is 0 Å². The molecule has 1 unspecified atom stereocenters. The standard InChI is InChI=1S/C12H16N2O3/c15-9-11-5-1-2-7-14(11)12(16)10-4-3-6-13(17)8-10/h3-4,6,8,11,15H,1-2,5,7,9H2. The topological polar surface area (TPSA) is 67.5 Å². The predicted octanol–water partition coefficient (Wildman–Crippen LogP) is 0.307. The molecule has 1 amide bonds. The van der Waals surface area contributed by atoms with E-state index in [1.54, 1.807) is 17.0 Å². The van der Waals surface area contributed by atoms with Crippen LogP contribution < -0.4 is 4.73 Å². The Labute approximate surface area is 99.9 Å². The maximum Gasteiger partial charge on any atom is 0.260 e. The van der Waals surface area contributed by atoms with Gasteiger partial charge >= 0.3 is 0 Å². The molecule has 0 bridgehead atoms. The number of aliphatic hydroxyl groups is 1. The number of carbonyl (C=O) groups excluding carboxylic acids is 1. The largest absolute Gasteiger partial charge is 0.619 e. The Morgan fingerprint density at radius 2 is 2.41 bits per heavy atom. The van der Waals surface area contributed by atoms with Gasteiger partial charge in [0.25, 0.3) is 5.91 Å². The van der Waals surface area contributed by atoms with E-state index in [9.17, 15) is 15.1 Å². The fourth-order valence-corrected chi connectivity index (χ4v) is 2.20. The quantitative estimate of drug-likeness (QED) is 0.593. The number of hydrogen-bond donors (Lipinski definition) is 1. The SMILES string of the molecule is O=C(c1ccc[n+]([O-])c1)N1CCCCC1CO. The van der Waals surface area contributed by atoms with Crippen molar-refractivity contribution in [1.29, 1.82) is 0 Å². The molecular weight excluding hydrogens is 220 g/mol. The lowest BCUT2D eigenvalue weighted by Gasteiger charge is -2.34. The number of amides is 1. The van der Waals surface area contributed by atoms with Gasteiger partial charge in [-0.05, 0) is 25.3 Å². The first-order valence-corrected chi connectivity index (χ1v) is 5.83. The third-order valence-corrected chi connectivity index (χ3v) is 3.12. The van der Waals surface area contributed by atoms with Crippen molar-refractivity contribution >= 4 is 5.91 Å². The molecule has 1 aromatic heterocycles. The number of carbonyl (C=O) groups is 1. The van der Waals surface area contributed by atoms with Crippen molar-refractivity contribution in [3.05, 3.63) is 35.3 Å². The second-order valence-electron chi connectivity index (χ2n) is 4.28. The summed E-state index contributed by atoms with van der Waals surface area (Å²) in [6, 6.07) is 3.06. The Balaban J connectivity index is 2.18. The number of piperidine rings is 1. The molecule has 2 heterocycles. The lowest BCUT2D eigenvalue weighted by atomic mass is 10.0. The minimum Gasteiger partial charge on any atom is -0.619 e. The van der Waals surface area contributed by atoms with Crippen LogP contribution in [0.25, 0.3) is 0 Å². The summed E-state index contributed by atoms with van der Waals surface area (Å²) in [5, 5.41) is 20.4. The molecule has 2 rings (SSSR count). The first-order chi connectivity index (χ1) is 8.22. The fraction of sp³-hybridized carbons (Fsp3) is 0.500. The van der Waals surface area contributed by atoms with Gasteiger partial charge in [-0.2, -0.15) is 4.73 Å². The Morgan fingerprint density at radius 1 is 1.59 bits per heavy atom. The van der Waals surface area contributed by atoms with Gasteiger partial charge in [0.2, 0.25) is 0 Å². The number of pyridine rings is 1. The molecule has 1 aliphatic heterocycles. The van der Waals surface area contributed by atoms with Crippen molar-refractivity contribution < 1.29 is 14.6 Å². The van der Waals surface area contributed by atoms with Crippen LogP contribution in [0.1, 0.15) is 29.6 Å². The highest BCUT2D eigenvalue weighted by Gasteiger charge is 2.27. The zero-order valence-corrected chi connectivity index (χ0v) is 9.58. The maximum atomic E-state index is 12.2. The molecule has 0 spiro atoms. The first kappa shape index (κ1) is 11.9. The summed E-state index contributed by atoms with van der Waals surface area (Å²) in [7, 11) is 0. The molecule has 0 aliphatic carbocycles. The molecule has 0 aromatic carbocycles. The third-order valence-electron chi connectivity index (χ3n) is 3.12. The number of likely N-dealkylation sites (tertiary alicyclic amines) is 1. The number of aliphatic hydroxyl groups excluding tert-OH is 1. The second kappa shape index (κ2) is 5.14. The van der Waals surface area contributed by atoms with Gasteiger partial charge in [-0.3, -0.25) is 4.79 Å². The minimum absolute atomic E-state index is 0.0179. The zero-order valence-electron chi connectivity index (χ0n) is 9.58. The van der Waals surface area contributed by atoms with Crippen LogP contribution in [0.15, 0.2) is 24.5 Å². The maximum absolute atomic E-state index is 12.2.